The average molecular weight is 1290 g/mol. The summed E-state index contributed by atoms with van der Waals surface area (Å²) in [5.41, 5.74) is 2.06. The Labute approximate surface area is 533 Å². The van der Waals surface area contributed by atoms with Crippen LogP contribution in [0.25, 0.3) is 0 Å². The summed E-state index contributed by atoms with van der Waals surface area (Å²) in [6.45, 7) is 8.43. The highest BCUT2D eigenvalue weighted by Gasteiger charge is 2.67. The molecule has 1 spiro atoms. The van der Waals surface area contributed by atoms with Crippen LogP contribution in [0.5, 0.6) is 11.5 Å². The molecular formula is C68H82Cl2N6O11S2. The number of carbonyl (C=O) groups is 3. The lowest BCUT2D eigenvalue weighted by Gasteiger charge is -2.49. The summed E-state index contributed by atoms with van der Waals surface area (Å²) < 4.78 is 74.4. The number of aliphatic hydroxyl groups excluding tert-OH is 1. The average Bonchev–Trinajstić information content (AvgIpc) is 1.56. The van der Waals surface area contributed by atoms with E-state index in [1.165, 1.54) is 6.07 Å². The van der Waals surface area contributed by atoms with Gasteiger partial charge in [0.15, 0.2) is 0 Å². The van der Waals surface area contributed by atoms with E-state index >= 15 is 4.79 Å². The quantitative estimate of drug-likeness (QED) is 0.119. The third kappa shape index (κ3) is 11.8. The standard InChI is InChI=1S/C68H82Cl2N6O11S2/c1-41-10-7-25-67(37-71,56-20-15-47(56)34-75-27-6-5-11-44-29-52(69)18-14-49(44)36-86-60-23-17-46(31-58(60)75)63(79)73-88(82,83)43(41)3)72-61(78)33-50-28-51-32-59-62(50)87-40-66(24-8-12-45-30-53(70)19-22-55(45)66)38-76(59)35-48-16-21-57(48)68(81,39-77)26-9-13-54-42(2)65(54,4)89(84,85)74-64(51)80/h9,14,17-19,22-23,26,28-32,41-43,47-48,54,56-57,77,81H,5-8,10-13,15-16,20-21,24-25,27,33-36,38-40H2,1-4H3,(H,72,78)(H,73,79)(H,74,80)/b26-9+/t41-,42-,43+,47-,48-,54?,56+,57+,65+,66-,67+,68+/m0/s1. The Morgan fingerprint density at radius 2 is 1.48 bits per heavy atom. The van der Waals surface area contributed by atoms with Crippen molar-refractivity contribution in [1.29, 1.82) is 5.26 Å². The molecule has 5 N–H and O–H groups in total. The lowest BCUT2D eigenvalue weighted by atomic mass is 9.61. The van der Waals surface area contributed by atoms with Crippen LogP contribution >= 0.6 is 23.2 Å². The summed E-state index contributed by atoms with van der Waals surface area (Å²) in [6.07, 6.45) is 11.6. The van der Waals surface area contributed by atoms with Crippen molar-refractivity contribution in [2.24, 2.45) is 41.4 Å². The highest BCUT2D eigenvalue weighted by atomic mass is 35.5. The Morgan fingerprint density at radius 3 is 2.22 bits per heavy atom. The maximum Gasteiger partial charge on any atom is 0.264 e. The molecule has 17 nitrogen and oxygen atoms in total. The number of nitrogens with one attached hydrogen (secondary N) is 3. The Kier molecular flexibility index (Phi) is 17.3. The normalized spacial score (nSPS) is 33.6. The van der Waals surface area contributed by atoms with Crippen LogP contribution < -0.4 is 34.0 Å². The number of anilines is 2. The molecule has 3 saturated carbocycles. The first kappa shape index (κ1) is 63.3. The zero-order valence-electron chi connectivity index (χ0n) is 51.2. The smallest absolute Gasteiger partial charge is 0.264 e. The molecule has 4 bridgehead atoms. The van der Waals surface area contributed by atoms with Crippen molar-refractivity contribution >= 4 is 72.3 Å². The van der Waals surface area contributed by atoms with Gasteiger partial charge in [0, 0.05) is 58.3 Å². The number of rotatable bonds is 4. The molecule has 3 amide bonds. The van der Waals surface area contributed by atoms with Crippen LogP contribution in [-0.2, 0) is 56.1 Å². The molecule has 4 aliphatic carbocycles. The minimum atomic E-state index is -4.34. The van der Waals surface area contributed by atoms with Gasteiger partial charge in [-0.2, -0.15) is 5.26 Å². The summed E-state index contributed by atoms with van der Waals surface area (Å²) >= 11 is 13.1. The van der Waals surface area contributed by atoms with Crippen molar-refractivity contribution < 1.29 is 50.9 Å². The van der Waals surface area contributed by atoms with Gasteiger partial charge in [-0.1, -0.05) is 61.3 Å². The third-order valence-electron chi connectivity index (χ3n) is 22.4. The predicted octanol–water partition coefficient (Wildman–Crippen LogP) is 9.90. The highest BCUT2D eigenvalue weighted by molar-refractivity contribution is 7.91. The number of fused-ring (bicyclic) bond motifs is 8. The number of amides is 3. The van der Waals surface area contributed by atoms with Crippen molar-refractivity contribution in [1.82, 2.24) is 14.8 Å². The Bertz CT molecular complexity index is 3790. The molecular weight excluding hydrogens is 1210 g/mol. The number of halogens is 2. The van der Waals surface area contributed by atoms with Gasteiger partial charge in [0.25, 0.3) is 11.8 Å². The summed E-state index contributed by atoms with van der Waals surface area (Å²) in [4.78, 5) is 48.8. The van der Waals surface area contributed by atoms with E-state index in [1.54, 1.807) is 57.2 Å². The summed E-state index contributed by atoms with van der Waals surface area (Å²) in [5, 5.41) is 38.6. The first-order valence-corrected chi connectivity index (χ1v) is 35.7. The van der Waals surface area contributed by atoms with E-state index in [4.69, 9.17) is 32.7 Å². The van der Waals surface area contributed by atoms with E-state index in [0.29, 0.717) is 96.8 Å². The van der Waals surface area contributed by atoms with Gasteiger partial charge in [-0.3, -0.25) is 14.4 Å². The van der Waals surface area contributed by atoms with Gasteiger partial charge in [0.2, 0.25) is 26.0 Å². The third-order valence-corrected chi connectivity index (χ3v) is 27.1. The molecule has 21 heteroatoms. The molecule has 12 atom stereocenters. The summed E-state index contributed by atoms with van der Waals surface area (Å²) in [7, 11) is -8.55. The van der Waals surface area contributed by atoms with E-state index < -0.39 is 76.8 Å². The van der Waals surface area contributed by atoms with Crippen LogP contribution in [0.1, 0.15) is 153 Å². The second kappa shape index (κ2) is 24.3. The molecule has 4 aromatic rings. The van der Waals surface area contributed by atoms with Gasteiger partial charge in [-0.25, -0.2) is 26.3 Å². The molecule has 89 heavy (non-hydrogen) atoms. The number of carbonyl (C=O) groups excluding carboxylic acids is 3. The van der Waals surface area contributed by atoms with Gasteiger partial charge in [-0.15, -0.1) is 0 Å². The molecule has 0 saturated heterocycles. The topological polar surface area (TPSA) is 245 Å². The molecule has 0 radical (unpaired) electrons. The van der Waals surface area contributed by atoms with E-state index in [0.717, 1.165) is 73.6 Å². The molecule has 4 heterocycles. The van der Waals surface area contributed by atoms with E-state index in [2.05, 4.69) is 36.7 Å². The SMILES string of the molecule is C[C@@H]1[C@@H](C)CCC[C@](C#N)(NC(=O)Cc2cc3cc4c2OC[C@]2(CCCc5cc(Cl)ccc52)CN4C[C@@H]2CC[C@H]2[C@](O)(CO)/C=C/CC2[C@H](C)[C@@]2(C)S(=O)(=O)NC3=O)[C@@H]2CC[C@H]2CN2CCCCc3cc(Cl)ccc3COc3ccc(cc32)C(=O)NS1(=O)=O. The van der Waals surface area contributed by atoms with Crippen LogP contribution in [0.15, 0.2) is 78.9 Å². The molecule has 4 aliphatic heterocycles. The molecule has 0 aromatic heterocycles. The Morgan fingerprint density at radius 1 is 0.775 bits per heavy atom. The van der Waals surface area contributed by atoms with E-state index in [1.807, 2.05) is 37.3 Å². The van der Waals surface area contributed by atoms with Crippen molar-refractivity contribution in [2.75, 3.05) is 49.2 Å². The number of hydrogen-bond donors (Lipinski definition) is 5. The second-order valence-electron chi connectivity index (χ2n) is 27.4. The zero-order chi connectivity index (χ0) is 63.0. The van der Waals surface area contributed by atoms with Crippen LogP contribution in [0.4, 0.5) is 11.4 Å². The predicted molar refractivity (Wildman–Crippen MR) is 342 cm³/mol. The molecule has 12 rings (SSSR count). The van der Waals surface area contributed by atoms with Crippen molar-refractivity contribution in [3.05, 3.63) is 128 Å². The molecule has 4 aromatic carbocycles. The highest BCUT2D eigenvalue weighted by Crippen LogP contribution is 2.58. The first-order valence-electron chi connectivity index (χ1n) is 31.9. The summed E-state index contributed by atoms with van der Waals surface area (Å²) in [5.74, 6) is -3.52. The molecule has 1 unspecified atom stereocenters. The maximum atomic E-state index is 15.6. The van der Waals surface area contributed by atoms with E-state index in [9.17, 15) is 41.9 Å². The summed E-state index contributed by atoms with van der Waals surface area (Å²) in [6, 6.07) is 22.5. The monoisotopic (exact) mass is 1290 g/mol. The maximum absolute atomic E-state index is 15.6. The minimum Gasteiger partial charge on any atom is -0.490 e. The number of sulfonamides is 2. The zero-order valence-corrected chi connectivity index (χ0v) is 54.3. The Balaban J connectivity index is 0.930. The fraction of sp³-hybridized carbons (Fsp3) is 0.559. The molecule has 3 fully saturated rings. The lowest BCUT2D eigenvalue weighted by Crippen LogP contribution is -2.59. The van der Waals surface area contributed by atoms with Crippen molar-refractivity contribution in [2.45, 2.75) is 157 Å². The van der Waals surface area contributed by atoms with Crippen LogP contribution in [0.2, 0.25) is 10.0 Å². The van der Waals surface area contributed by atoms with Crippen LogP contribution in [0, 0.1) is 52.8 Å². The van der Waals surface area contributed by atoms with Crippen LogP contribution in [-0.4, -0.2) is 105 Å². The first-order chi connectivity index (χ1) is 42.4. The van der Waals surface area contributed by atoms with Gasteiger partial charge >= 0.3 is 0 Å². The van der Waals surface area contributed by atoms with Gasteiger partial charge in [0.05, 0.1) is 47.1 Å². The van der Waals surface area contributed by atoms with Gasteiger partial charge in [0.1, 0.15) is 29.2 Å². The lowest BCUT2D eigenvalue weighted by molar-refractivity contribution is -0.123. The van der Waals surface area contributed by atoms with Gasteiger partial charge in [-0.05, 0) is 222 Å². The van der Waals surface area contributed by atoms with Crippen molar-refractivity contribution in [3.8, 4) is 17.6 Å². The largest absolute Gasteiger partial charge is 0.490 e. The number of aliphatic hydroxyl groups is 2. The molecule has 8 aliphatic rings. The minimum absolute atomic E-state index is 0.00321. The number of ether oxygens (including phenoxy) is 2. The number of aryl methyl sites for hydroxylation is 2. The fourth-order valence-electron chi connectivity index (χ4n) is 16.3. The Hall–Kier alpha value is -5.88. The van der Waals surface area contributed by atoms with Crippen LogP contribution in [0.3, 0.4) is 0 Å². The second-order valence-corrected chi connectivity index (χ2v) is 32.4. The number of nitriles is 1. The fourth-order valence-corrected chi connectivity index (χ4v) is 19.8. The molecule has 476 valence electrons. The number of nitrogens with zero attached hydrogens (tertiary/aromatic N) is 3. The number of benzene rings is 4. The van der Waals surface area contributed by atoms with Crippen molar-refractivity contribution in [3.63, 3.8) is 0 Å². The van der Waals surface area contributed by atoms with E-state index in [-0.39, 0.29) is 72.7 Å². The number of hydrogen-bond acceptors (Lipinski definition) is 14. The number of allylic oxidation sites excluding steroid dienone is 1. The van der Waals surface area contributed by atoms with Gasteiger partial charge < -0.3 is 34.8 Å².